The van der Waals surface area contributed by atoms with Gasteiger partial charge in [0, 0.05) is 31.3 Å². The van der Waals surface area contributed by atoms with Crippen LogP contribution in [0.2, 0.25) is 0 Å². The molecule has 6 nitrogen and oxygen atoms in total. The van der Waals surface area contributed by atoms with Gasteiger partial charge in [0.25, 0.3) is 5.91 Å². The van der Waals surface area contributed by atoms with Gasteiger partial charge in [0.15, 0.2) is 11.5 Å². The second-order valence-electron chi connectivity index (χ2n) is 7.59. The van der Waals surface area contributed by atoms with Crippen molar-refractivity contribution in [2.45, 2.75) is 33.6 Å². The quantitative estimate of drug-likeness (QED) is 0.728. The van der Waals surface area contributed by atoms with E-state index >= 15 is 0 Å². The number of ether oxygens (including phenoxy) is 2. The van der Waals surface area contributed by atoms with E-state index in [4.69, 9.17) is 9.47 Å². The molecule has 2 amide bonds. The van der Waals surface area contributed by atoms with Crippen LogP contribution in [-0.4, -0.2) is 50.6 Å². The highest BCUT2D eigenvalue weighted by Crippen LogP contribution is 2.27. The van der Waals surface area contributed by atoms with E-state index in [0.717, 1.165) is 31.5 Å². The van der Waals surface area contributed by atoms with Gasteiger partial charge in [-0.2, -0.15) is 0 Å². The maximum Gasteiger partial charge on any atom is 0.251 e. The van der Waals surface area contributed by atoms with Gasteiger partial charge >= 0.3 is 0 Å². The third kappa shape index (κ3) is 5.75. The number of hydrogen-bond acceptors (Lipinski definition) is 4. The summed E-state index contributed by atoms with van der Waals surface area (Å²) in [5.74, 6) is 1.86. The third-order valence-corrected chi connectivity index (χ3v) is 5.39. The molecule has 0 bridgehead atoms. The van der Waals surface area contributed by atoms with Crippen LogP contribution in [0.4, 0.5) is 0 Å². The predicted octanol–water partition coefficient (Wildman–Crippen LogP) is 3.27. The summed E-state index contributed by atoms with van der Waals surface area (Å²) in [6.45, 7) is 8.25. The Bertz CT molecular complexity index is 719. The fraction of sp³-hybridized carbons (Fsp3) is 0.545. The Kier molecular flexibility index (Phi) is 7.91. The van der Waals surface area contributed by atoms with E-state index in [1.165, 1.54) is 0 Å². The molecule has 1 fully saturated rings. The zero-order valence-electron chi connectivity index (χ0n) is 17.6. The molecule has 0 aromatic heterocycles. The lowest BCUT2D eigenvalue weighted by Gasteiger charge is -2.31. The Morgan fingerprint density at radius 2 is 1.82 bits per heavy atom. The minimum atomic E-state index is -0.130. The van der Waals surface area contributed by atoms with E-state index in [2.05, 4.69) is 19.2 Å². The molecule has 1 aromatic rings. The van der Waals surface area contributed by atoms with E-state index in [0.29, 0.717) is 35.4 Å². The average molecular weight is 389 g/mol. The lowest BCUT2D eigenvalue weighted by Crippen LogP contribution is -2.41. The normalized spacial score (nSPS) is 15.5. The molecule has 154 valence electrons. The van der Waals surface area contributed by atoms with Crippen LogP contribution >= 0.6 is 0 Å². The molecule has 0 radical (unpaired) electrons. The summed E-state index contributed by atoms with van der Waals surface area (Å²) in [7, 11) is 3.11. The molecule has 2 rings (SSSR count). The van der Waals surface area contributed by atoms with Gasteiger partial charge in [0.1, 0.15) is 0 Å². The summed E-state index contributed by atoms with van der Waals surface area (Å²) < 4.78 is 10.5. The topological polar surface area (TPSA) is 67.9 Å². The van der Waals surface area contributed by atoms with E-state index in [-0.39, 0.29) is 11.8 Å². The lowest BCUT2D eigenvalue weighted by atomic mass is 9.96. The largest absolute Gasteiger partial charge is 0.493 e. The van der Waals surface area contributed by atoms with Crippen LogP contribution in [0.1, 0.15) is 44.0 Å². The summed E-state index contributed by atoms with van der Waals surface area (Å²) in [6.07, 6.45) is 3.54. The van der Waals surface area contributed by atoms with Crippen molar-refractivity contribution in [3.8, 4) is 11.5 Å². The molecule has 0 atom stereocenters. The number of allylic oxidation sites excluding steroid dienone is 1. The van der Waals surface area contributed by atoms with Gasteiger partial charge in [-0.3, -0.25) is 9.59 Å². The average Bonchev–Trinajstić information content (AvgIpc) is 2.71. The van der Waals surface area contributed by atoms with Gasteiger partial charge in [0.05, 0.1) is 14.2 Å². The van der Waals surface area contributed by atoms with Gasteiger partial charge in [-0.25, -0.2) is 0 Å². The minimum absolute atomic E-state index is 0.0963. The monoisotopic (exact) mass is 388 g/mol. The Balaban J connectivity index is 1.83. The molecule has 28 heavy (non-hydrogen) atoms. The van der Waals surface area contributed by atoms with Gasteiger partial charge in [-0.05, 0) is 49.8 Å². The first-order valence-corrected chi connectivity index (χ1v) is 9.83. The van der Waals surface area contributed by atoms with Crippen molar-refractivity contribution in [3.05, 3.63) is 35.4 Å². The Hall–Kier alpha value is -2.50. The highest BCUT2D eigenvalue weighted by atomic mass is 16.5. The van der Waals surface area contributed by atoms with Gasteiger partial charge < -0.3 is 19.7 Å². The van der Waals surface area contributed by atoms with Crippen molar-refractivity contribution < 1.29 is 19.1 Å². The number of rotatable bonds is 7. The Labute approximate surface area is 167 Å². The maximum absolute atomic E-state index is 12.4. The number of nitrogens with zero attached hydrogens (tertiary/aromatic N) is 1. The summed E-state index contributed by atoms with van der Waals surface area (Å²) in [5, 5.41) is 3.00. The summed E-state index contributed by atoms with van der Waals surface area (Å²) >= 11 is 0. The molecule has 1 saturated heterocycles. The number of nitrogens with one attached hydrogen (secondary N) is 1. The van der Waals surface area contributed by atoms with Crippen LogP contribution in [0.5, 0.6) is 11.5 Å². The fourth-order valence-electron chi connectivity index (χ4n) is 3.13. The first-order chi connectivity index (χ1) is 13.3. The van der Waals surface area contributed by atoms with E-state index < -0.39 is 0 Å². The minimum Gasteiger partial charge on any atom is -0.493 e. The number of amides is 2. The van der Waals surface area contributed by atoms with Crippen molar-refractivity contribution in [2.24, 2.45) is 11.8 Å². The van der Waals surface area contributed by atoms with Crippen LogP contribution < -0.4 is 14.8 Å². The molecule has 6 heteroatoms. The molecular formula is C22H32N2O4. The zero-order valence-corrected chi connectivity index (χ0v) is 17.6. The van der Waals surface area contributed by atoms with E-state index in [1.807, 2.05) is 11.8 Å². The molecular weight excluding hydrogens is 356 g/mol. The van der Waals surface area contributed by atoms with Gasteiger partial charge in [-0.1, -0.05) is 19.4 Å². The number of likely N-dealkylation sites (tertiary alicyclic amines) is 1. The van der Waals surface area contributed by atoms with Crippen molar-refractivity contribution >= 4 is 11.8 Å². The van der Waals surface area contributed by atoms with Crippen LogP contribution in [-0.2, 0) is 4.79 Å². The molecule has 1 aliphatic heterocycles. The lowest BCUT2D eigenvalue weighted by molar-refractivity contribution is -0.127. The van der Waals surface area contributed by atoms with Crippen LogP contribution in [0, 0.1) is 11.8 Å². The van der Waals surface area contributed by atoms with Crippen molar-refractivity contribution in [3.63, 3.8) is 0 Å². The number of piperidine rings is 1. The van der Waals surface area contributed by atoms with Gasteiger partial charge in [0.2, 0.25) is 5.91 Å². The van der Waals surface area contributed by atoms with Gasteiger partial charge in [-0.15, -0.1) is 0 Å². The molecule has 0 spiro atoms. The summed E-state index contributed by atoms with van der Waals surface area (Å²) in [6, 6.07) is 5.13. The van der Waals surface area contributed by atoms with E-state index in [9.17, 15) is 9.59 Å². The molecule has 0 saturated carbocycles. The summed E-state index contributed by atoms with van der Waals surface area (Å²) in [4.78, 5) is 26.7. The zero-order chi connectivity index (χ0) is 20.7. The molecule has 1 aliphatic rings. The first-order valence-electron chi connectivity index (χ1n) is 9.83. The van der Waals surface area contributed by atoms with Crippen LogP contribution in [0.3, 0.4) is 0 Å². The second kappa shape index (κ2) is 10.2. The standard InChI is InChI=1S/C22H32N2O4/c1-15(2)16(3)12-21(25)24-10-8-17(9-11-24)14-23-22(26)18-6-7-19(27-4)20(13-18)28-5/h6-7,12-13,15,17H,8-11,14H2,1-5H3,(H,23,26)/b16-12+. The fourth-order valence-corrected chi connectivity index (χ4v) is 3.13. The van der Waals surface area contributed by atoms with Crippen molar-refractivity contribution in [2.75, 3.05) is 33.9 Å². The Morgan fingerprint density at radius 3 is 2.39 bits per heavy atom. The van der Waals surface area contributed by atoms with Crippen molar-refractivity contribution in [1.29, 1.82) is 0 Å². The second-order valence-corrected chi connectivity index (χ2v) is 7.59. The molecule has 1 heterocycles. The molecule has 1 aromatic carbocycles. The molecule has 1 N–H and O–H groups in total. The first kappa shape index (κ1) is 21.8. The number of carbonyl (C=O) groups is 2. The number of methoxy groups -OCH3 is 2. The highest BCUT2D eigenvalue weighted by Gasteiger charge is 2.22. The van der Waals surface area contributed by atoms with E-state index in [1.54, 1.807) is 38.5 Å². The predicted molar refractivity (Wildman–Crippen MR) is 110 cm³/mol. The smallest absolute Gasteiger partial charge is 0.251 e. The maximum atomic E-state index is 12.4. The van der Waals surface area contributed by atoms with Crippen LogP contribution in [0.15, 0.2) is 29.8 Å². The summed E-state index contributed by atoms with van der Waals surface area (Å²) in [5.41, 5.74) is 1.65. The van der Waals surface area contributed by atoms with Crippen LogP contribution in [0.25, 0.3) is 0 Å². The highest BCUT2D eigenvalue weighted by molar-refractivity contribution is 5.94. The Morgan fingerprint density at radius 1 is 1.18 bits per heavy atom. The number of benzene rings is 1. The molecule has 0 aliphatic carbocycles. The SMILES string of the molecule is COc1ccc(C(=O)NCC2CCN(C(=O)/C=C(\C)C(C)C)CC2)cc1OC. The number of hydrogen-bond donors (Lipinski definition) is 1. The third-order valence-electron chi connectivity index (χ3n) is 5.39. The number of carbonyl (C=O) groups excluding carboxylic acids is 2. The van der Waals surface area contributed by atoms with Crippen molar-refractivity contribution in [1.82, 2.24) is 10.2 Å². The molecule has 0 unspecified atom stereocenters.